The predicted octanol–water partition coefficient (Wildman–Crippen LogP) is 1.76. The molecule has 1 aromatic rings. The molecule has 0 saturated carbocycles. The van der Waals surface area contributed by atoms with Gasteiger partial charge < -0.3 is 4.74 Å². The van der Waals surface area contributed by atoms with Gasteiger partial charge in [0.05, 0.1) is 6.10 Å². The monoisotopic (exact) mass is 244 g/mol. The summed E-state index contributed by atoms with van der Waals surface area (Å²) in [7, 11) is 1.59. The minimum absolute atomic E-state index is 0.0223. The maximum absolute atomic E-state index is 13.4. The van der Waals surface area contributed by atoms with Crippen LogP contribution in [0.4, 0.5) is 8.78 Å². The molecule has 0 spiro atoms. The van der Waals surface area contributed by atoms with E-state index in [4.69, 9.17) is 10.6 Å². The number of hydrazine groups is 1. The molecule has 0 amide bonds. The summed E-state index contributed by atoms with van der Waals surface area (Å²) in [4.78, 5) is 0. The van der Waals surface area contributed by atoms with Crippen LogP contribution in [0.25, 0.3) is 0 Å². The molecule has 0 aliphatic heterocycles. The first-order chi connectivity index (χ1) is 8.08. The standard InChI is InChI=1S/C12H18F2N2O/c1-8(17-2)6-9(16-15)7-10-11(13)4-3-5-12(10)14/h3-5,8-9,16H,6-7,15H2,1-2H3. The van der Waals surface area contributed by atoms with E-state index in [9.17, 15) is 8.78 Å². The summed E-state index contributed by atoms with van der Waals surface area (Å²) in [5, 5.41) is 0. The van der Waals surface area contributed by atoms with Gasteiger partial charge in [-0.2, -0.15) is 0 Å². The normalized spacial score (nSPS) is 14.6. The van der Waals surface area contributed by atoms with Crippen LogP contribution in [0.3, 0.4) is 0 Å². The topological polar surface area (TPSA) is 47.3 Å². The van der Waals surface area contributed by atoms with Crippen molar-refractivity contribution in [2.24, 2.45) is 5.84 Å². The Morgan fingerprint density at radius 2 is 1.94 bits per heavy atom. The van der Waals surface area contributed by atoms with Crippen molar-refractivity contribution in [1.82, 2.24) is 5.43 Å². The summed E-state index contributed by atoms with van der Waals surface area (Å²) in [6, 6.07) is 3.60. The molecule has 1 rings (SSSR count). The number of nitrogens with one attached hydrogen (secondary N) is 1. The molecule has 2 atom stereocenters. The first kappa shape index (κ1) is 14.0. The van der Waals surface area contributed by atoms with Gasteiger partial charge >= 0.3 is 0 Å². The molecule has 3 nitrogen and oxygen atoms in total. The minimum atomic E-state index is -0.546. The van der Waals surface area contributed by atoms with E-state index in [1.165, 1.54) is 18.2 Å². The number of nitrogens with two attached hydrogens (primary N) is 1. The fourth-order valence-corrected chi connectivity index (χ4v) is 1.68. The van der Waals surface area contributed by atoms with Crippen LogP contribution >= 0.6 is 0 Å². The molecule has 96 valence electrons. The van der Waals surface area contributed by atoms with Gasteiger partial charge in [0.15, 0.2) is 0 Å². The smallest absolute Gasteiger partial charge is 0.129 e. The van der Waals surface area contributed by atoms with Gasteiger partial charge in [-0.05, 0) is 31.9 Å². The van der Waals surface area contributed by atoms with Crippen LogP contribution in [0.2, 0.25) is 0 Å². The zero-order valence-corrected chi connectivity index (χ0v) is 10.0. The van der Waals surface area contributed by atoms with E-state index in [0.717, 1.165) is 0 Å². The lowest BCUT2D eigenvalue weighted by Crippen LogP contribution is -2.39. The van der Waals surface area contributed by atoms with E-state index in [-0.39, 0.29) is 24.1 Å². The Morgan fingerprint density at radius 1 is 1.35 bits per heavy atom. The average molecular weight is 244 g/mol. The maximum Gasteiger partial charge on any atom is 0.129 e. The predicted molar refractivity (Wildman–Crippen MR) is 62.3 cm³/mol. The van der Waals surface area contributed by atoms with Crippen LogP contribution in [0.15, 0.2) is 18.2 Å². The molecule has 0 heterocycles. The molecular weight excluding hydrogens is 226 g/mol. The third kappa shape index (κ3) is 4.03. The summed E-state index contributed by atoms with van der Waals surface area (Å²) in [6.07, 6.45) is 0.759. The van der Waals surface area contributed by atoms with Crippen molar-refractivity contribution >= 4 is 0 Å². The molecule has 0 fully saturated rings. The van der Waals surface area contributed by atoms with Crippen molar-refractivity contribution in [3.05, 3.63) is 35.4 Å². The van der Waals surface area contributed by atoms with E-state index in [0.29, 0.717) is 6.42 Å². The molecule has 0 aromatic heterocycles. The maximum atomic E-state index is 13.4. The molecule has 1 aromatic carbocycles. The second kappa shape index (κ2) is 6.64. The highest BCUT2D eigenvalue weighted by atomic mass is 19.1. The molecule has 17 heavy (non-hydrogen) atoms. The lowest BCUT2D eigenvalue weighted by atomic mass is 10.0. The number of rotatable bonds is 6. The Balaban J connectivity index is 2.73. The van der Waals surface area contributed by atoms with E-state index in [1.54, 1.807) is 7.11 Å². The quantitative estimate of drug-likeness (QED) is 0.592. The first-order valence-electron chi connectivity index (χ1n) is 5.50. The van der Waals surface area contributed by atoms with Crippen molar-refractivity contribution < 1.29 is 13.5 Å². The summed E-state index contributed by atoms with van der Waals surface area (Å²) < 4.78 is 32.0. The van der Waals surface area contributed by atoms with Crippen molar-refractivity contribution in [3.8, 4) is 0 Å². The number of hydrogen-bond acceptors (Lipinski definition) is 3. The Labute approximate surface area is 99.9 Å². The van der Waals surface area contributed by atoms with E-state index >= 15 is 0 Å². The van der Waals surface area contributed by atoms with Gasteiger partial charge in [-0.25, -0.2) is 8.78 Å². The lowest BCUT2D eigenvalue weighted by Gasteiger charge is -2.20. The number of methoxy groups -OCH3 is 1. The number of benzene rings is 1. The third-order valence-electron chi connectivity index (χ3n) is 2.77. The lowest BCUT2D eigenvalue weighted by molar-refractivity contribution is 0.100. The molecule has 0 aliphatic carbocycles. The van der Waals surface area contributed by atoms with Gasteiger partial charge in [0.2, 0.25) is 0 Å². The van der Waals surface area contributed by atoms with Gasteiger partial charge in [-0.3, -0.25) is 11.3 Å². The highest BCUT2D eigenvalue weighted by Gasteiger charge is 2.17. The molecule has 0 aliphatic rings. The van der Waals surface area contributed by atoms with Crippen LogP contribution in [0.5, 0.6) is 0 Å². The summed E-state index contributed by atoms with van der Waals surface area (Å²) >= 11 is 0. The van der Waals surface area contributed by atoms with Crippen molar-refractivity contribution in [1.29, 1.82) is 0 Å². The Morgan fingerprint density at radius 3 is 2.41 bits per heavy atom. The van der Waals surface area contributed by atoms with E-state index in [2.05, 4.69) is 5.43 Å². The van der Waals surface area contributed by atoms with Gasteiger partial charge in [-0.15, -0.1) is 0 Å². The molecule has 2 unspecified atom stereocenters. The summed E-state index contributed by atoms with van der Waals surface area (Å²) in [5.41, 5.74) is 2.61. The summed E-state index contributed by atoms with van der Waals surface area (Å²) in [6.45, 7) is 1.88. The SMILES string of the molecule is COC(C)CC(Cc1c(F)cccc1F)NN. The second-order valence-corrected chi connectivity index (χ2v) is 4.05. The summed E-state index contributed by atoms with van der Waals surface area (Å²) in [5.74, 6) is 4.28. The van der Waals surface area contributed by atoms with Gasteiger partial charge in [0.1, 0.15) is 11.6 Å². The molecule has 0 bridgehead atoms. The first-order valence-corrected chi connectivity index (χ1v) is 5.50. The van der Waals surface area contributed by atoms with Gasteiger partial charge in [-0.1, -0.05) is 6.07 Å². The third-order valence-corrected chi connectivity index (χ3v) is 2.77. The molecule has 0 saturated heterocycles. The van der Waals surface area contributed by atoms with Crippen LogP contribution in [-0.4, -0.2) is 19.3 Å². The Bertz CT molecular complexity index is 340. The fourth-order valence-electron chi connectivity index (χ4n) is 1.68. The number of halogens is 2. The fraction of sp³-hybridized carbons (Fsp3) is 0.500. The average Bonchev–Trinajstić information content (AvgIpc) is 2.32. The molecular formula is C12H18F2N2O. The van der Waals surface area contributed by atoms with E-state index in [1.807, 2.05) is 6.92 Å². The highest BCUT2D eigenvalue weighted by Crippen LogP contribution is 2.16. The second-order valence-electron chi connectivity index (χ2n) is 4.05. The molecule has 0 radical (unpaired) electrons. The van der Waals surface area contributed by atoms with Crippen molar-refractivity contribution in [3.63, 3.8) is 0 Å². The number of hydrogen-bond donors (Lipinski definition) is 2. The highest BCUT2D eigenvalue weighted by molar-refractivity contribution is 5.20. The van der Waals surface area contributed by atoms with Crippen LogP contribution in [0.1, 0.15) is 18.9 Å². The van der Waals surface area contributed by atoms with Crippen molar-refractivity contribution in [2.75, 3.05) is 7.11 Å². The largest absolute Gasteiger partial charge is 0.382 e. The Kier molecular flexibility index (Phi) is 5.47. The van der Waals surface area contributed by atoms with Crippen LogP contribution < -0.4 is 11.3 Å². The Hall–Kier alpha value is -1.04. The zero-order chi connectivity index (χ0) is 12.8. The zero-order valence-electron chi connectivity index (χ0n) is 10.0. The molecule has 3 N–H and O–H groups in total. The van der Waals surface area contributed by atoms with Crippen LogP contribution in [-0.2, 0) is 11.2 Å². The van der Waals surface area contributed by atoms with E-state index < -0.39 is 11.6 Å². The van der Waals surface area contributed by atoms with Gasteiger partial charge in [0.25, 0.3) is 0 Å². The van der Waals surface area contributed by atoms with Crippen molar-refractivity contribution in [2.45, 2.75) is 31.9 Å². The number of ether oxygens (including phenoxy) is 1. The van der Waals surface area contributed by atoms with Gasteiger partial charge in [0, 0.05) is 18.7 Å². The minimum Gasteiger partial charge on any atom is -0.382 e. The molecule has 5 heteroatoms. The van der Waals surface area contributed by atoms with Crippen LogP contribution in [0, 0.1) is 11.6 Å².